The molecule has 1 saturated heterocycles. The van der Waals surface area contributed by atoms with Gasteiger partial charge in [0, 0.05) is 12.0 Å². The van der Waals surface area contributed by atoms with E-state index in [1.807, 2.05) is 50.8 Å². The first-order valence-electron chi connectivity index (χ1n) is 6.87. The van der Waals surface area contributed by atoms with E-state index < -0.39 is 0 Å². The number of ether oxygens (including phenoxy) is 1. The Labute approximate surface area is 115 Å². The number of carbonyl (C=O) groups is 1. The Hall–Kier alpha value is -1.35. The molecule has 0 radical (unpaired) electrons. The minimum absolute atomic E-state index is 0.0174. The number of hydrogen-bond donors (Lipinski definition) is 0. The van der Waals surface area contributed by atoms with Crippen molar-refractivity contribution in [3.8, 4) is 0 Å². The normalized spacial score (nSPS) is 24.3. The van der Waals surface area contributed by atoms with Gasteiger partial charge >= 0.3 is 0 Å². The third-order valence-electron chi connectivity index (χ3n) is 3.36. The second kappa shape index (κ2) is 5.33. The predicted molar refractivity (Wildman–Crippen MR) is 75.8 cm³/mol. The van der Waals surface area contributed by atoms with Crippen LogP contribution < -0.4 is 0 Å². The molecule has 0 aliphatic carbocycles. The summed E-state index contributed by atoms with van der Waals surface area (Å²) >= 11 is 0. The first kappa shape index (κ1) is 14.1. The zero-order valence-electron chi connectivity index (χ0n) is 12.2. The molecular weight excluding hydrogens is 238 g/mol. The quantitative estimate of drug-likeness (QED) is 0.777. The third-order valence-corrected chi connectivity index (χ3v) is 3.36. The van der Waals surface area contributed by atoms with Gasteiger partial charge in [0.1, 0.15) is 6.10 Å². The Kier molecular flexibility index (Phi) is 3.95. The molecule has 0 N–H and O–H groups in total. The number of benzene rings is 1. The van der Waals surface area contributed by atoms with Gasteiger partial charge in [-0.25, -0.2) is 0 Å². The van der Waals surface area contributed by atoms with Gasteiger partial charge in [0.15, 0.2) is 0 Å². The van der Waals surface area contributed by atoms with Crippen molar-refractivity contribution in [2.24, 2.45) is 5.41 Å². The van der Waals surface area contributed by atoms with E-state index in [0.29, 0.717) is 13.1 Å². The maximum atomic E-state index is 12.4. The first-order chi connectivity index (χ1) is 8.88. The fraction of sp³-hybridized carbons (Fsp3) is 0.562. The lowest BCUT2D eigenvalue weighted by molar-refractivity contribution is -0.152. The van der Waals surface area contributed by atoms with Crippen LogP contribution in [0.2, 0.25) is 0 Å². The van der Waals surface area contributed by atoms with Gasteiger partial charge in [-0.05, 0) is 12.5 Å². The number of carbonyl (C=O) groups excluding carboxylic acids is 1. The highest BCUT2D eigenvalue weighted by atomic mass is 16.5. The summed E-state index contributed by atoms with van der Waals surface area (Å²) in [5.74, 6) is 0.198. The van der Waals surface area contributed by atoms with Gasteiger partial charge in [0.05, 0.1) is 12.6 Å². The molecule has 1 aromatic rings. The van der Waals surface area contributed by atoms with Crippen molar-refractivity contribution >= 4 is 5.91 Å². The molecule has 104 valence electrons. The van der Waals surface area contributed by atoms with Gasteiger partial charge in [0.25, 0.3) is 0 Å². The fourth-order valence-corrected chi connectivity index (χ4v) is 2.44. The zero-order valence-corrected chi connectivity index (χ0v) is 12.2. The van der Waals surface area contributed by atoms with E-state index in [1.54, 1.807) is 0 Å². The molecule has 3 heteroatoms. The molecule has 1 aromatic carbocycles. The first-order valence-corrected chi connectivity index (χ1v) is 6.87. The average Bonchev–Trinajstić information content (AvgIpc) is 2.37. The predicted octanol–water partition coefficient (Wildman–Crippen LogP) is 3.02. The lowest BCUT2D eigenvalue weighted by atomic mass is 9.93. The van der Waals surface area contributed by atoms with Crippen molar-refractivity contribution in [1.29, 1.82) is 0 Å². The van der Waals surface area contributed by atoms with Crippen LogP contribution in [0.1, 0.15) is 39.4 Å². The van der Waals surface area contributed by atoms with Crippen LogP contribution in [0, 0.1) is 5.41 Å². The smallest absolute Gasteiger partial charge is 0.228 e. The Morgan fingerprint density at radius 3 is 2.42 bits per heavy atom. The maximum Gasteiger partial charge on any atom is 0.228 e. The van der Waals surface area contributed by atoms with E-state index in [1.165, 1.54) is 0 Å². The molecule has 0 spiro atoms. The molecule has 1 amide bonds. The molecule has 3 nitrogen and oxygen atoms in total. The lowest BCUT2D eigenvalue weighted by Crippen LogP contribution is -2.49. The highest BCUT2D eigenvalue weighted by molar-refractivity contribution is 5.81. The van der Waals surface area contributed by atoms with E-state index in [0.717, 1.165) is 5.56 Å². The molecule has 1 heterocycles. The van der Waals surface area contributed by atoms with Crippen molar-refractivity contribution in [2.45, 2.75) is 39.9 Å². The van der Waals surface area contributed by atoms with E-state index in [-0.39, 0.29) is 23.5 Å². The van der Waals surface area contributed by atoms with Crippen molar-refractivity contribution in [2.75, 3.05) is 13.1 Å². The average molecular weight is 261 g/mol. The Bertz CT molecular complexity index is 436. The summed E-state index contributed by atoms with van der Waals surface area (Å²) in [6.45, 7) is 9.24. The topological polar surface area (TPSA) is 29.5 Å². The SMILES string of the molecule is CC1CN(C(=O)C(C)(C)C)CC(c2ccccc2)O1. The summed E-state index contributed by atoms with van der Waals surface area (Å²) in [7, 11) is 0. The number of hydrogen-bond acceptors (Lipinski definition) is 2. The van der Waals surface area contributed by atoms with Crippen molar-refractivity contribution in [3.05, 3.63) is 35.9 Å². The minimum Gasteiger partial charge on any atom is -0.367 e. The van der Waals surface area contributed by atoms with Crippen LogP contribution in [0.4, 0.5) is 0 Å². The van der Waals surface area contributed by atoms with Gasteiger partial charge in [0.2, 0.25) is 5.91 Å². The van der Waals surface area contributed by atoms with Crippen molar-refractivity contribution in [1.82, 2.24) is 4.90 Å². The number of morpholine rings is 1. The summed E-state index contributed by atoms with van der Waals surface area (Å²) < 4.78 is 5.97. The van der Waals surface area contributed by atoms with Crippen molar-refractivity contribution in [3.63, 3.8) is 0 Å². The monoisotopic (exact) mass is 261 g/mol. The van der Waals surface area contributed by atoms with Crippen LogP contribution in [-0.4, -0.2) is 30.0 Å². The van der Waals surface area contributed by atoms with E-state index >= 15 is 0 Å². The fourth-order valence-electron chi connectivity index (χ4n) is 2.44. The number of nitrogens with zero attached hydrogens (tertiary/aromatic N) is 1. The molecular formula is C16H23NO2. The van der Waals surface area contributed by atoms with Crippen molar-refractivity contribution < 1.29 is 9.53 Å². The Balaban J connectivity index is 2.15. The van der Waals surface area contributed by atoms with Crippen LogP contribution in [0.3, 0.4) is 0 Å². The molecule has 2 atom stereocenters. The van der Waals surface area contributed by atoms with Gasteiger partial charge in [-0.3, -0.25) is 4.79 Å². The van der Waals surface area contributed by atoms with Crippen LogP contribution in [0.25, 0.3) is 0 Å². The largest absolute Gasteiger partial charge is 0.367 e. The maximum absolute atomic E-state index is 12.4. The zero-order chi connectivity index (χ0) is 14.0. The molecule has 0 aromatic heterocycles. The number of amides is 1. The second-order valence-electron chi connectivity index (χ2n) is 6.31. The molecule has 2 unspecified atom stereocenters. The lowest BCUT2D eigenvalue weighted by Gasteiger charge is -2.39. The summed E-state index contributed by atoms with van der Waals surface area (Å²) in [5, 5.41) is 0. The van der Waals surface area contributed by atoms with Gasteiger partial charge < -0.3 is 9.64 Å². The van der Waals surface area contributed by atoms with E-state index in [4.69, 9.17) is 4.74 Å². The summed E-state index contributed by atoms with van der Waals surface area (Å²) in [4.78, 5) is 14.3. The van der Waals surface area contributed by atoms with Gasteiger partial charge in [-0.2, -0.15) is 0 Å². The highest BCUT2D eigenvalue weighted by Gasteiger charge is 2.34. The van der Waals surface area contributed by atoms with E-state index in [2.05, 4.69) is 12.1 Å². The molecule has 1 aliphatic rings. The number of rotatable bonds is 1. The molecule has 1 fully saturated rings. The molecule has 1 aliphatic heterocycles. The summed E-state index contributed by atoms with van der Waals surface area (Å²) in [6.07, 6.45) is 0.0570. The van der Waals surface area contributed by atoms with Gasteiger partial charge in [-0.1, -0.05) is 51.1 Å². The van der Waals surface area contributed by atoms with Crippen LogP contribution in [-0.2, 0) is 9.53 Å². The summed E-state index contributed by atoms with van der Waals surface area (Å²) in [5.41, 5.74) is 0.805. The van der Waals surface area contributed by atoms with Gasteiger partial charge in [-0.15, -0.1) is 0 Å². The van der Waals surface area contributed by atoms with E-state index in [9.17, 15) is 4.79 Å². The molecule has 0 bridgehead atoms. The standard InChI is InChI=1S/C16H23NO2/c1-12-10-17(15(18)16(2,3)4)11-14(19-12)13-8-6-5-7-9-13/h5-9,12,14H,10-11H2,1-4H3. The van der Waals surface area contributed by atoms with Crippen LogP contribution in [0.5, 0.6) is 0 Å². The summed E-state index contributed by atoms with van der Waals surface area (Å²) in [6, 6.07) is 10.1. The van der Waals surface area contributed by atoms with Crippen LogP contribution in [0.15, 0.2) is 30.3 Å². The second-order valence-corrected chi connectivity index (χ2v) is 6.31. The molecule has 0 saturated carbocycles. The Morgan fingerprint density at radius 1 is 1.21 bits per heavy atom. The Morgan fingerprint density at radius 2 is 1.84 bits per heavy atom. The molecule has 2 rings (SSSR count). The molecule has 19 heavy (non-hydrogen) atoms. The minimum atomic E-state index is -0.335. The van der Waals surface area contributed by atoms with Crippen LogP contribution >= 0.6 is 0 Å². The highest BCUT2D eigenvalue weighted by Crippen LogP contribution is 2.28. The third kappa shape index (κ3) is 3.35.